The van der Waals surface area contributed by atoms with Crippen molar-refractivity contribution in [2.75, 3.05) is 33.3 Å². The van der Waals surface area contributed by atoms with Crippen LogP contribution in [0.5, 0.6) is 17.2 Å². The number of rotatable bonds is 8. The number of hydrogen-bond acceptors (Lipinski definition) is 6. The molecule has 7 nitrogen and oxygen atoms in total. The summed E-state index contributed by atoms with van der Waals surface area (Å²) in [5, 5.41) is 2.74. The molecule has 0 radical (unpaired) electrons. The first kappa shape index (κ1) is 21.8. The second-order valence-corrected chi connectivity index (χ2v) is 6.27. The maximum Gasteiger partial charge on any atom is 0.331 e. The fourth-order valence-corrected chi connectivity index (χ4v) is 2.60. The van der Waals surface area contributed by atoms with Crippen LogP contribution in [-0.2, 0) is 14.3 Å². The Kier molecular flexibility index (Phi) is 7.65. The molecule has 1 amide bonds. The van der Waals surface area contributed by atoms with Crippen LogP contribution in [0.25, 0.3) is 6.08 Å². The normalized spacial score (nSPS) is 10.5. The lowest BCUT2D eigenvalue weighted by molar-refractivity contribution is -0.142. The molecule has 0 unspecified atom stereocenters. The summed E-state index contributed by atoms with van der Waals surface area (Å²) < 4.78 is 20.8. The van der Waals surface area contributed by atoms with Crippen LogP contribution in [0.1, 0.15) is 16.7 Å². The topological polar surface area (TPSA) is 83.1 Å². The first-order valence-electron chi connectivity index (χ1n) is 8.90. The lowest BCUT2D eigenvalue weighted by Gasteiger charge is -2.12. The minimum atomic E-state index is -0.644. The van der Waals surface area contributed by atoms with E-state index < -0.39 is 11.9 Å². The second kappa shape index (κ2) is 10.2. The molecule has 154 valence electrons. The number of methoxy groups -OCH3 is 3. The number of nitrogens with one attached hydrogen (secondary N) is 1. The Morgan fingerprint density at radius 3 is 2.21 bits per heavy atom. The summed E-state index contributed by atoms with van der Waals surface area (Å²) >= 11 is 0. The van der Waals surface area contributed by atoms with Gasteiger partial charge in [0.25, 0.3) is 5.91 Å². The van der Waals surface area contributed by atoms with Crippen molar-refractivity contribution in [3.8, 4) is 17.2 Å². The van der Waals surface area contributed by atoms with E-state index in [1.807, 2.05) is 32.0 Å². The summed E-state index contributed by atoms with van der Waals surface area (Å²) in [5.41, 5.74) is 3.30. The molecule has 0 bridgehead atoms. The van der Waals surface area contributed by atoms with Gasteiger partial charge in [-0.05, 0) is 54.8 Å². The van der Waals surface area contributed by atoms with Crippen molar-refractivity contribution in [3.63, 3.8) is 0 Å². The zero-order valence-corrected chi connectivity index (χ0v) is 17.2. The number of ether oxygens (including phenoxy) is 4. The summed E-state index contributed by atoms with van der Waals surface area (Å²) in [7, 11) is 4.53. The molecule has 0 fully saturated rings. The molecule has 29 heavy (non-hydrogen) atoms. The number of anilines is 1. The molecule has 0 atom stereocenters. The number of amides is 1. The highest BCUT2D eigenvalue weighted by atomic mass is 16.5. The minimum Gasteiger partial charge on any atom is -0.493 e. The highest BCUT2D eigenvalue weighted by Gasteiger charge is 2.12. The van der Waals surface area contributed by atoms with Gasteiger partial charge in [0.1, 0.15) is 0 Å². The number of benzene rings is 2. The quantitative estimate of drug-likeness (QED) is 0.540. The van der Waals surface area contributed by atoms with E-state index in [2.05, 4.69) is 5.32 Å². The standard InChI is InChI=1S/C22H25NO6/c1-14-6-7-15(2)17(10-14)23-20(24)13-29-21(25)9-8-16-11-18(26-3)22(28-5)19(12-16)27-4/h6-12H,13H2,1-5H3,(H,23,24)/b9-8+. The Morgan fingerprint density at radius 1 is 0.966 bits per heavy atom. The summed E-state index contributed by atoms with van der Waals surface area (Å²) in [5.74, 6) is 0.335. The first-order valence-corrected chi connectivity index (χ1v) is 8.90. The third-order valence-electron chi connectivity index (χ3n) is 4.11. The van der Waals surface area contributed by atoms with Gasteiger partial charge >= 0.3 is 5.97 Å². The van der Waals surface area contributed by atoms with Crippen molar-refractivity contribution in [2.45, 2.75) is 13.8 Å². The van der Waals surface area contributed by atoms with Crippen LogP contribution in [0.15, 0.2) is 36.4 Å². The third-order valence-corrected chi connectivity index (χ3v) is 4.11. The van der Waals surface area contributed by atoms with E-state index in [-0.39, 0.29) is 6.61 Å². The van der Waals surface area contributed by atoms with E-state index >= 15 is 0 Å². The third kappa shape index (κ3) is 6.00. The molecule has 0 spiro atoms. The lowest BCUT2D eigenvalue weighted by atomic mass is 10.1. The van der Waals surface area contributed by atoms with Gasteiger partial charge in [-0.25, -0.2) is 4.79 Å². The van der Waals surface area contributed by atoms with Gasteiger partial charge in [0.2, 0.25) is 5.75 Å². The van der Waals surface area contributed by atoms with Crippen LogP contribution < -0.4 is 19.5 Å². The Morgan fingerprint density at radius 2 is 1.62 bits per heavy atom. The van der Waals surface area contributed by atoms with Crippen LogP contribution in [-0.4, -0.2) is 39.8 Å². The van der Waals surface area contributed by atoms with E-state index in [0.717, 1.165) is 11.1 Å². The van der Waals surface area contributed by atoms with Crippen LogP contribution >= 0.6 is 0 Å². The van der Waals surface area contributed by atoms with Gasteiger partial charge in [-0.2, -0.15) is 0 Å². The SMILES string of the molecule is COc1cc(/C=C/C(=O)OCC(=O)Nc2cc(C)ccc2C)cc(OC)c1OC. The van der Waals surface area contributed by atoms with Gasteiger partial charge in [0.15, 0.2) is 18.1 Å². The van der Waals surface area contributed by atoms with Gasteiger partial charge in [0.05, 0.1) is 21.3 Å². The molecule has 0 aliphatic rings. The van der Waals surface area contributed by atoms with E-state index in [4.69, 9.17) is 18.9 Å². The van der Waals surface area contributed by atoms with Crippen molar-refractivity contribution in [1.82, 2.24) is 0 Å². The minimum absolute atomic E-state index is 0.383. The zero-order chi connectivity index (χ0) is 21.4. The van der Waals surface area contributed by atoms with Crippen LogP contribution in [0, 0.1) is 13.8 Å². The Bertz CT molecular complexity index is 895. The Labute approximate surface area is 170 Å². The smallest absolute Gasteiger partial charge is 0.331 e. The molecule has 0 heterocycles. The molecular formula is C22H25NO6. The van der Waals surface area contributed by atoms with Crippen LogP contribution in [0.2, 0.25) is 0 Å². The van der Waals surface area contributed by atoms with Gasteiger partial charge in [-0.1, -0.05) is 12.1 Å². The molecule has 2 aromatic carbocycles. The maximum atomic E-state index is 12.0. The van der Waals surface area contributed by atoms with Gasteiger partial charge in [-0.3, -0.25) is 4.79 Å². The van der Waals surface area contributed by atoms with Gasteiger partial charge < -0.3 is 24.3 Å². The molecule has 2 rings (SSSR count). The predicted octanol–water partition coefficient (Wildman–Crippen LogP) is 3.52. The average molecular weight is 399 g/mol. The van der Waals surface area contributed by atoms with E-state index in [1.165, 1.54) is 33.5 Å². The summed E-state index contributed by atoms with van der Waals surface area (Å²) in [6.07, 6.45) is 2.77. The fourth-order valence-electron chi connectivity index (χ4n) is 2.60. The first-order chi connectivity index (χ1) is 13.9. The van der Waals surface area contributed by atoms with Crippen molar-refractivity contribution in [1.29, 1.82) is 0 Å². The van der Waals surface area contributed by atoms with Crippen molar-refractivity contribution in [2.24, 2.45) is 0 Å². The van der Waals surface area contributed by atoms with Crippen LogP contribution in [0.3, 0.4) is 0 Å². The monoisotopic (exact) mass is 399 g/mol. The fraction of sp³-hybridized carbons (Fsp3) is 0.273. The molecule has 2 aromatic rings. The number of aryl methyl sites for hydroxylation is 2. The molecule has 0 saturated heterocycles. The largest absolute Gasteiger partial charge is 0.493 e. The zero-order valence-electron chi connectivity index (χ0n) is 17.2. The van der Waals surface area contributed by atoms with Gasteiger partial charge in [0, 0.05) is 11.8 Å². The molecule has 0 aliphatic carbocycles. The lowest BCUT2D eigenvalue weighted by Crippen LogP contribution is -2.20. The van der Waals surface area contributed by atoms with E-state index in [0.29, 0.717) is 28.5 Å². The Balaban J connectivity index is 1.97. The molecule has 1 N–H and O–H groups in total. The molecule has 0 aliphatic heterocycles. The van der Waals surface area contributed by atoms with Crippen molar-refractivity contribution < 1.29 is 28.5 Å². The maximum absolute atomic E-state index is 12.0. The van der Waals surface area contributed by atoms with E-state index in [9.17, 15) is 9.59 Å². The average Bonchev–Trinajstić information content (AvgIpc) is 2.72. The molecule has 7 heteroatoms. The number of esters is 1. The predicted molar refractivity (Wildman–Crippen MR) is 111 cm³/mol. The number of carbonyl (C=O) groups excluding carboxylic acids is 2. The van der Waals surface area contributed by atoms with Crippen LogP contribution in [0.4, 0.5) is 5.69 Å². The summed E-state index contributed by atoms with van der Waals surface area (Å²) in [6.45, 7) is 3.44. The highest BCUT2D eigenvalue weighted by molar-refractivity contribution is 5.95. The molecule has 0 saturated carbocycles. The van der Waals surface area contributed by atoms with E-state index in [1.54, 1.807) is 12.1 Å². The number of carbonyl (C=O) groups is 2. The Hall–Kier alpha value is -3.48. The summed E-state index contributed by atoms with van der Waals surface area (Å²) in [6, 6.07) is 9.12. The molecular weight excluding hydrogens is 374 g/mol. The van der Waals surface area contributed by atoms with Gasteiger partial charge in [-0.15, -0.1) is 0 Å². The van der Waals surface area contributed by atoms with Crippen molar-refractivity contribution in [3.05, 3.63) is 53.1 Å². The second-order valence-electron chi connectivity index (χ2n) is 6.27. The summed E-state index contributed by atoms with van der Waals surface area (Å²) in [4.78, 5) is 24.0. The highest BCUT2D eigenvalue weighted by Crippen LogP contribution is 2.38. The van der Waals surface area contributed by atoms with Crippen molar-refractivity contribution >= 4 is 23.6 Å². The number of hydrogen-bond donors (Lipinski definition) is 1. The molecule has 0 aromatic heterocycles.